The molecule has 0 radical (unpaired) electrons. The standard InChI is InChI=1S/C31H37Cl2FN4O4/c1-15(35)28(40)42-18-10-9-17(13-18)36-27(39)26-24(19-6-5-7-21(33)25(19)34)31(23(38-26)14-30(2,3)4)20-11-8-16(32)12-22(20)37-29(31)41/h5-8,11-12,15,17-18,23-24,26,38H,9-10,13-14,35H2,1-4H3,(H,36,39)(H,37,41)/t15-,17+,18-,23-,24+,26-,31+/m1/s1. The van der Waals surface area contributed by atoms with Gasteiger partial charge in [0.25, 0.3) is 0 Å². The summed E-state index contributed by atoms with van der Waals surface area (Å²) in [6.07, 6.45) is 1.78. The first-order valence-electron chi connectivity index (χ1n) is 14.3. The molecule has 2 aromatic rings. The van der Waals surface area contributed by atoms with Crippen LogP contribution in [0.5, 0.6) is 0 Å². The number of nitrogens with two attached hydrogens (primary N) is 1. The summed E-state index contributed by atoms with van der Waals surface area (Å²) >= 11 is 12.6. The van der Waals surface area contributed by atoms with Crippen molar-refractivity contribution in [1.29, 1.82) is 0 Å². The fraction of sp³-hybridized carbons (Fsp3) is 0.516. The fourth-order valence-corrected chi connectivity index (χ4v) is 7.25. The molecule has 2 aromatic carbocycles. The first-order valence-corrected chi connectivity index (χ1v) is 15.1. The van der Waals surface area contributed by atoms with Crippen LogP contribution in [0.4, 0.5) is 10.1 Å². The molecule has 1 aliphatic carbocycles. The molecule has 2 amide bonds. The number of hydrogen-bond donors (Lipinski definition) is 4. The Morgan fingerprint density at radius 1 is 1.21 bits per heavy atom. The third kappa shape index (κ3) is 5.52. The molecule has 5 rings (SSSR count). The summed E-state index contributed by atoms with van der Waals surface area (Å²) in [6.45, 7) is 7.74. The fourth-order valence-electron chi connectivity index (χ4n) is 6.89. The highest BCUT2D eigenvalue weighted by atomic mass is 35.5. The van der Waals surface area contributed by atoms with Crippen LogP contribution in [0.2, 0.25) is 10.0 Å². The predicted molar refractivity (Wildman–Crippen MR) is 160 cm³/mol. The molecule has 0 bridgehead atoms. The molecule has 0 aromatic heterocycles. The van der Waals surface area contributed by atoms with Gasteiger partial charge in [0.1, 0.15) is 23.4 Å². The van der Waals surface area contributed by atoms with Gasteiger partial charge in [-0.2, -0.15) is 0 Å². The molecule has 0 unspecified atom stereocenters. The normalized spacial score (nSPS) is 29.3. The minimum Gasteiger partial charge on any atom is -0.461 e. The van der Waals surface area contributed by atoms with Crippen LogP contribution in [0.3, 0.4) is 0 Å². The lowest BCUT2D eigenvalue weighted by Gasteiger charge is -2.37. The van der Waals surface area contributed by atoms with E-state index in [1.54, 1.807) is 37.3 Å². The highest BCUT2D eigenvalue weighted by molar-refractivity contribution is 6.31. The molecule has 2 heterocycles. The Morgan fingerprint density at radius 3 is 2.64 bits per heavy atom. The lowest BCUT2D eigenvalue weighted by atomic mass is 9.62. The van der Waals surface area contributed by atoms with E-state index in [1.807, 2.05) is 0 Å². The number of carbonyl (C=O) groups is 3. The number of carbonyl (C=O) groups excluding carboxylic acids is 3. The number of esters is 1. The molecule has 7 atom stereocenters. The average Bonchev–Trinajstić information content (AvgIpc) is 3.55. The molecule has 8 nitrogen and oxygen atoms in total. The molecule has 2 aliphatic heterocycles. The van der Waals surface area contributed by atoms with Gasteiger partial charge in [0, 0.05) is 35.1 Å². The van der Waals surface area contributed by atoms with Gasteiger partial charge < -0.3 is 26.4 Å². The van der Waals surface area contributed by atoms with Crippen molar-refractivity contribution in [3.63, 3.8) is 0 Å². The molecule has 2 fully saturated rings. The molecule has 3 aliphatic rings. The SMILES string of the molecule is C[C@@H](N)C(=O)O[C@@H]1CC[C@H](NC(=O)[C@@H]2N[C@H](CC(C)(C)C)[C@]3(C(=O)Nc4cc(Cl)ccc43)[C@H]2c2cccc(Cl)c2F)C1. The van der Waals surface area contributed by atoms with Gasteiger partial charge in [-0.3, -0.25) is 14.4 Å². The highest BCUT2D eigenvalue weighted by Gasteiger charge is 2.66. The van der Waals surface area contributed by atoms with Gasteiger partial charge in [0.15, 0.2) is 0 Å². The predicted octanol–water partition coefficient (Wildman–Crippen LogP) is 4.81. The topological polar surface area (TPSA) is 123 Å². The smallest absolute Gasteiger partial charge is 0.322 e. The van der Waals surface area contributed by atoms with Crippen LogP contribution in [0.25, 0.3) is 0 Å². The van der Waals surface area contributed by atoms with Crippen LogP contribution in [0.1, 0.15) is 70.4 Å². The van der Waals surface area contributed by atoms with E-state index in [4.69, 9.17) is 33.7 Å². The van der Waals surface area contributed by atoms with Crippen molar-refractivity contribution in [2.75, 3.05) is 5.32 Å². The first kappa shape index (κ1) is 30.7. The zero-order valence-electron chi connectivity index (χ0n) is 24.1. The quantitative estimate of drug-likeness (QED) is 0.345. The van der Waals surface area contributed by atoms with Crippen LogP contribution in [-0.4, -0.2) is 48.1 Å². The molecule has 226 valence electrons. The molecular weight excluding hydrogens is 582 g/mol. The summed E-state index contributed by atoms with van der Waals surface area (Å²) in [5, 5.41) is 9.90. The van der Waals surface area contributed by atoms with Crippen molar-refractivity contribution in [2.24, 2.45) is 11.1 Å². The number of benzene rings is 2. The number of fused-ring (bicyclic) bond motifs is 2. The number of hydrogen-bond acceptors (Lipinski definition) is 6. The number of anilines is 1. The molecule has 42 heavy (non-hydrogen) atoms. The lowest BCUT2D eigenvalue weighted by Crippen LogP contribution is -2.49. The number of amides is 2. The van der Waals surface area contributed by atoms with Crippen LogP contribution >= 0.6 is 23.2 Å². The minimum atomic E-state index is -1.33. The van der Waals surface area contributed by atoms with E-state index in [2.05, 4.69) is 36.7 Å². The van der Waals surface area contributed by atoms with E-state index in [0.717, 1.165) is 0 Å². The monoisotopic (exact) mass is 618 g/mol. The van der Waals surface area contributed by atoms with E-state index in [0.29, 0.717) is 42.0 Å². The van der Waals surface area contributed by atoms with Crippen LogP contribution in [0.15, 0.2) is 36.4 Å². The van der Waals surface area contributed by atoms with Gasteiger partial charge in [-0.25, -0.2) is 4.39 Å². The second-order valence-electron chi connectivity index (χ2n) is 13.0. The molecule has 5 N–H and O–H groups in total. The third-order valence-corrected chi connectivity index (χ3v) is 9.13. The summed E-state index contributed by atoms with van der Waals surface area (Å²) in [5.41, 5.74) is 5.44. The molecule has 11 heteroatoms. The molecule has 1 saturated carbocycles. The van der Waals surface area contributed by atoms with Gasteiger partial charge >= 0.3 is 5.97 Å². The summed E-state index contributed by atoms with van der Waals surface area (Å²) in [7, 11) is 0. The van der Waals surface area contributed by atoms with E-state index in [9.17, 15) is 14.4 Å². The van der Waals surface area contributed by atoms with Crippen molar-refractivity contribution in [1.82, 2.24) is 10.6 Å². The molecule has 1 spiro atoms. The zero-order valence-corrected chi connectivity index (χ0v) is 25.6. The van der Waals surface area contributed by atoms with Crippen molar-refractivity contribution in [3.05, 3.63) is 63.4 Å². The summed E-state index contributed by atoms with van der Waals surface area (Å²) in [6, 6.07) is 7.34. The highest BCUT2D eigenvalue weighted by Crippen LogP contribution is 2.57. The van der Waals surface area contributed by atoms with Gasteiger partial charge in [-0.1, -0.05) is 62.2 Å². The Bertz CT molecular complexity index is 1410. The number of rotatable bonds is 6. The Morgan fingerprint density at radius 2 is 1.95 bits per heavy atom. The Hall–Kier alpha value is -2.72. The third-order valence-electron chi connectivity index (χ3n) is 8.61. The van der Waals surface area contributed by atoms with Crippen molar-refractivity contribution < 1.29 is 23.5 Å². The number of halogens is 3. The van der Waals surface area contributed by atoms with Crippen LogP contribution in [0, 0.1) is 11.2 Å². The number of ether oxygens (including phenoxy) is 1. The van der Waals surface area contributed by atoms with Gasteiger partial charge in [-0.15, -0.1) is 0 Å². The van der Waals surface area contributed by atoms with Crippen molar-refractivity contribution in [2.45, 2.75) is 95.0 Å². The average molecular weight is 620 g/mol. The second-order valence-corrected chi connectivity index (χ2v) is 13.8. The Kier molecular flexibility index (Phi) is 8.35. The lowest BCUT2D eigenvalue weighted by molar-refractivity contribution is -0.149. The Balaban J connectivity index is 1.57. The zero-order chi connectivity index (χ0) is 30.6. The second kappa shape index (κ2) is 11.4. The first-order chi connectivity index (χ1) is 19.7. The van der Waals surface area contributed by atoms with Gasteiger partial charge in [-0.05, 0) is 60.9 Å². The van der Waals surface area contributed by atoms with E-state index < -0.39 is 41.2 Å². The maximum absolute atomic E-state index is 15.9. The minimum absolute atomic E-state index is 0.0922. The van der Waals surface area contributed by atoms with Crippen LogP contribution in [-0.2, 0) is 24.5 Å². The summed E-state index contributed by atoms with van der Waals surface area (Å²) in [4.78, 5) is 40.4. The van der Waals surface area contributed by atoms with Gasteiger partial charge in [0.2, 0.25) is 11.8 Å². The Labute approximate surface area is 255 Å². The maximum Gasteiger partial charge on any atom is 0.322 e. The number of nitrogens with one attached hydrogen (secondary N) is 3. The van der Waals surface area contributed by atoms with Crippen molar-refractivity contribution >= 4 is 46.7 Å². The van der Waals surface area contributed by atoms with E-state index in [1.165, 1.54) is 6.07 Å². The van der Waals surface area contributed by atoms with E-state index >= 15 is 4.39 Å². The van der Waals surface area contributed by atoms with Crippen molar-refractivity contribution in [3.8, 4) is 0 Å². The van der Waals surface area contributed by atoms with E-state index in [-0.39, 0.29) is 40.0 Å². The molecular formula is C31H37Cl2FN4O4. The summed E-state index contributed by atoms with van der Waals surface area (Å²) in [5.74, 6) is -2.78. The van der Waals surface area contributed by atoms with Gasteiger partial charge in [0.05, 0.1) is 11.1 Å². The molecule has 1 saturated heterocycles. The largest absolute Gasteiger partial charge is 0.461 e. The summed E-state index contributed by atoms with van der Waals surface area (Å²) < 4.78 is 21.4. The van der Waals surface area contributed by atoms with Crippen LogP contribution < -0.4 is 21.7 Å². The maximum atomic E-state index is 15.9.